The van der Waals surface area contributed by atoms with E-state index in [4.69, 9.17) is 4.74 Å². The van der Waals surface area contributed by atoms with Gasteiger partial charge in [-0.05, 0) is 25.1 Å². The van der Waals surface area contributed by atoms with Crippen LogP contribution in [0.15, 0.2) is 54.6 Å². The predicted octanol–water partition coefficient (Wildman–Crippen LogP) is 4.48. The van der Waals surface area contributed by atoms with Crippen LogP contribution in [0, 0.1) is 6.92 Å². The second-order valence-corrected chi connectivity index (χ2v) is 5.81. The number of carbonyl (C=O) groups is 1. The van der Waals surface area contributed by atoms with Crippen LogP contribution in [0.3, 0.4) is 0 Å². The predicted molar refractivity (Wildman–Crippen MR) is 95.1 cm³/mol. The van der Waals surface area contributed by atoms with Gasteiger partial charge in [0.15, 0.2) is 0 Å². The van der Waals surface area contributed by atoms with Crippen LogP contribution in [0.1, 0.15) is 16.1 Å². The van der Waals surface area contributed by atoms with Crippen molar-refractivity contribution in [1.29, 1.82) is 0 Å². The summed E-state index contributed by atoms with van der Waals surface area (Å²) in [6.07, 6.45) is 0. The number of para-hydroxylation sites is 1. The highest BCUT2D eigenvalue weighted by molar-refractivity contribution is 6.12. The van der Waals surface area contributed by atoms with Gasteiger partial charge in [-0.2, -0.15) is 0 Å². The van der Waals surface area contributed by atoms with Crippen LogP contribution in [0.5, 0.6) is 0 Å². The number of ether oxygens (including phenoxy) is 1. The minimum absolute atomic E-state index is 0.311. The molecule has 0 aliphatic rings. The maximum Gasteiger partial charge on any atom is 0.356 e. The van der Waals surface area contributed by atoms with Crippen molar-refractivity contribution in [3.8, 4) is 11.3 Å². The van der Waals surface area contributed by atoms with Gasteiger partial charge in [-0.25, -0.2) is 9.78 Å². The number of hydrogen-bond acceptors (Lipinski definition) is 3. The summed E-state index contributed by atoms with van der Waals surface area (Å²) in [6.45, 7) is 2.04. The average molecular weight is 316 g/mol. The Morgan fingerprint density at radius 3 is 2.67 bits per heavy atom. The quantitative estimate of drug-likeness (QED) is 0.555. The van der Waals surface area contributed by atoms with Gasteiger partial charge in [-0.1, -0.05) is 42.0 Å². The number of rotatable bonds is 2. The Labute approximate surface area is 139 Å². The number of esters is 1. The third-order valence-electron chi connectivity index (χ3n) is 4.18. The van der Waals surface area contributed by atoms with Crippen LogP contribution in [0.4, 0.5) is 0 Å². The van der Waals surface area contributed by atoms with Crippen LogP contribution < -0.4 is 0 Å². The SMILES string of the molecule is COC(=O)c1cc2c([nH]c3ccccc32)c(-c2cccc(C)c2)n1. The molecule has 0 aliphatic heterocycles. The number of hydrogen-bond donors (Lipinski definition) is 1. The number of aromatic nitrogens is 2. The van der Waals surface area contributed by atoms with Crippen molar-refractivity contribution in [3.05, 3.63) is 65.9 Å². The number of benzene rings is 2. The lowest BCUT2D eigenvalue weighted by atomic mass is 10.0. The van der Waals surface area contributed by atoms with Crippen molar-refractivity contribution >= 4 is 27.8 Å². The van der Waals surface area contributed by atoms with Gasteiger partial charge in [0.1, 0.15) is 5.69 Å². The van der Waals surface area contributed by atoms with Gasteiger partial charge in [-0.3, -0.25) is 0 Å². The fraction of sp³-hybridized carbons (Fsp3) is 0.100. The van der Waals surface area contributed by atoms with Crippen LogP contribution in [0.25, 0.3) is 33.1 Å². The summed E-state index contributed by atoms with van der Waals surface area (Å²) in [5, 5.41) is 2.03. The lowest BCUT2D eigenvalue weighted by Crippen LogP contribution is -2.05. The molecule has 4 nitrogen and oxygen atoms in total. The highest BCUT2D eigenvalue weighted by Crippen LogP contribution is 2.33. The second-order valence-electron chi connectivity index (χ2n) is 5.81. The Morgan fingerprint density at radius 2 is 1.88 bits per heavy atom. The van der Waals surface area contributed by atoms with E-state index >= 15 is 0 Å². The molecular formula is C20H16N2O2. The van der Waals surface area contributed by atoms with Crippen LogP contribution in [0.2, 0.25) is 0 Å². The smallest absolute Gasteiger partial charge is 0.356 e. The first-order valence-electron chi connectivity index (χ1n) is 7.74. The minimum Gasteiger partial charge on any atom is -0.464 e. The number of H-pyrrole nitrogens is 1. The maximum atomic E-state index is 12.1. The Hall–Kier alpha value is -3.14. The molecule has 2 heterocycles. The summed E-state index contributed by atoms with van der Waals surface area (Å²) in [5.74, 6) is -0.434. The molecule has 2 aromatic heterocycles. The zero-order valence-corrected chi connectivity index (χ0v) is 13.5. The summed E-state index contributed by atoms with van der Waals surface area (Å²) in [4.78, 5) is 20.1. The van der Waals surface area contributed by atoms with Crippen molar-refractivity contribution in [2.75, 3.05) is 7.11 Å². The summed E-state index contributed by atoms with van der Waals surface area (Å²) in [6, 6.07) is 17.9. The Morgan fingerprint density at radius 1 is 1.04 bits per heavy atom. The molecule has 1 N–H and O–H groups in total. The van der Waals surface area contributed by atoms with E-state index in [1.165, 1.54) is 7.11 Å². The lowest BCUT2D eigenvalue weighted by Gasteiger charge is -2.07. The fourth-order valence-electron chi connectivity index (χ4n) is 3.06. The molecule has 0 atom stereocenters. The first-order chi connectivity index (χ1) is 11.7. The minimum atomic E-state index is -0.434. The molecule has 0 saturated heterocycles. The molecule has 0 unspecified atom stereocenters. The molecule has 4 heteroatoms. The number of nitrogens with one attached hydrogen (secondary N) is 1. The molecule has 4 aromatic rings. The largest absolute Gasteiger partial charge is 0.464 e. The van der Waals surface area contributed by atoms with Gasteiger partial charge in [0.25, 0.3) is 0 Å². The van der Waals surface area contributed by atoms with Gasteiger partial charge in [-0.15, -0.1) is 0 Å². The van der Waals surface area contributed by atoms with E-state index in [1.807, 2.05) is 49.4 Å². The molecule has 0 amide bonds. The number of aryl methyl sites for hydroxylation is 1. The average Bonchev–Trinajstić information content (AvgIpc) is 2.99. The first-order valence-corrected chi connectivity index (χ1v) is 7.74. The van der Waals surface area contributed by atoms with E-state index in [2.05, 4.69) is 16.0 Å². The molecule has 0 spiro atoms. The topological polar surface area (TPSA) is 55.0 Å². The standard InChI is InChI=1S/C20H16N2O2/c1-12-6-5-7-13(10-12)18-19-15(11-17(22-18)20(23)24-2)14-8-3-4-9-16(14)21-19/h3-11,21H,1-2H3. The van der Waals surface area contributed by atoms with E-state index in [0.29, 0.717) is 5.69 Å². The van der Waals surface area contributed by atoms with Crippen molar-refractivity contribution in [3.63, 3.8) is 0 Å². The molecule has 2 aromatic carbocycles. The molecule has 0 fully saturated rings. The van der Waals surface area contributed by atoms with Crippen LogP contribution >= 0.6 is 0 Å². The molecule has 4 rings (SSSR count). The molecule has 118 valence electrons. The van der Waals surface area contributed by atoms with Gasteiger partial charge < -0.3 is 9.72 Å². The molecule has 0 radical (unpaired) electrons. The van der Waals surface area contributed by atoms with Gasteiger partial charge in [0.05, 0.1) is 18.3 Å². The van der Waals surface area contributed by atoms with E-state index in [0.717, 1.165) is 38.6 Å². The number of aromatic amines is 1. The zero-order valence-electron chi connectivity index (χ0n) is 13.5. The lowest BCUT2D eigenvalue weighted by molar-refractivity contribution is 0.0594. The van der Waals surface area contributed by atoms with Crippen molar-refractivity contribution in [2.24, 2.45) is 0 Å². The van der Waals surface area contributed by atoms with Crippen LogP contribution in [-0.4, -0.2) is 23.0 Å². The summed E-state index contributed by atoms with van der Waals surface area (Å²) < 4.78 is 4.88. The molecular weight excluding hydrogens is 300 g/mol. The van der Waals surface area contributed by atoms with Crippen molar-refractivity contribution in [2.45, 2.75) is 6.92 Å². The number of methoxy groups -OCH3 is 1. The number of carbonyl (C=O) groups excluding carboxylic acids is 1. The number of nitrogens with zero attached hydrogens (tertiary/aromatic N) is 1. The van der Waals surface area contributed by atoms with Gasteiger partial charge >= 0.3 is 5.97 Å². The van der Waals surface area contributed by atoms with Crippen LogP contribution in [-0.2, 0) is 4.74 Å². The number of fused-ring (bicyclic) bond motifs is 3. The summed E-state index contributed by atoms with van der Waals surface area (Å²) in [5.41, 5.74) is 5.12. The first kappa shape index (κ1) is 14.5. The summed E-state index contributed by atoms with van der Waals surface area (Å²) in [7, 11) is 1.37. The van der Waals surface area contributed by atoms with Gasteiger partial charge in [0.2, 0.25) is 0 Å². The van der Waals surface area contributed by atoms with Gasteiger partial charge in [0, 0.05) is 21.9 Å². The van der Waals surface area contributed by atoms with E-state index in [-0.39, 0.29) is 0 Å². The molecule has 0 aliphatic carbocycles. The molecule has 0 bridgehead atoms. The third-order valence-corrected chi connectivity index (χ3v) is 4.18. The Balaban J connectivity index is 2.12. The highest BCUT2D eigenvalue weighted by Gasteiger charge is 2.17. The molecule has 0 saturated carbocycles. The third kappa shape index (κ3) is 2.24. The van der Waals surface area contributed by atoms with E-state index in [1.54, 1.807) is 6.07 Å². The Kier molecular flexibility index (Phi) is 3.31. The van der Waals surface area contributed by atoms with E-state index in [9.17, 15) is 4.79 Å². The second kappa shape index (κ2) is 5.49. The Bertz CT molecular complexity index is 1080. The van der Waals surface area contributed by atoms with Crippen molar-refractivity contribution in [1.82, 2.24) is 9.97 Å². The van der Waals surface area contributed by atoms with Crippen molar-refractivity contribution < 1.29 is 9.53 Å². The normalized spacial score (nSPS) is 11.1. The number of pyridine rings is 1. The summed E-state index contributed by atoms with van der Waals surface area (Å²) >= 11 is 0. The fourth-order valence-corrected chi connectivity index (χ4v) is 3.06. The maximum absolute atomic E-state index is 12.1. The molecule has 24 heavy (non-hydrogen) atoms. The van der Waals surface area contributed by atoms with E-state index < -0.39 is 5.97 Å². The zero-order chi connectivity index (χ0) is 16.7. The highest BCUT2D eigenvalue weighted by atomic mass is 16.5. The monoisotopic (exact) mass is 316 g/mol.